The first-order valence-corrected chi connectivity index (χ1v) is 8.55. The Morgan fingerprint density at radius 2 is 1.60 bits per heavy atom. The van der Waals surface area contributed by atoms with Crippen LogP contribution in [0, 0.1) is 11.3 Å². The van der Waals surface area contributed by atoms with E-state index in [1.807, 2.05) is 6.92 Å². The summed E-state index contributed by atoms with van der Waals surface area (Å²) in [6, 6.07) is 0. The summed E-state index contributed by atoms with van der Waals surface area (Å²) in [6.45, 7) is 4.01. The number of carbonyl (C=O) groups is 1. The van der Waals surface area contributed by atoms with Gasteiger partial charge in [0.1, 0.15) is 5.76 Å². The molecule has 2 fully saturated rings. The van der Waals surface area contributed by atoms with Gasteiger partial charge in [0, 0.05) is 16.9 Å². The minimum atomic E-state index is -0.105. The second-order valence-electron chi connectivity index (χ2n) is 6.87. The van der Waals surface area contributed by atoms with Gasteiger partial charge in [-0.2, -0.15) is 0 Å². The van der Waals surface area contributed by atoms with Crippen molar-refractivity contribution in [3.8, 4) is 0 Å². The number of ketones is 1. The predicted molar refractivity (Wildman–Crippen MR) is 82.7 cm³/mol. The van der Waals surface area contributed by atoms with E-state index in [9.17, 15) is 9.90 Å². The highest BCUT2D eigenvalue weighted by Crippen LogP contribution is 2.45. The second-order valence-corrected chi connectivity index (χ2v) is 6.87. The van der Waals surface area contributed by atoms with Crippen molar-refractivity contribution < 1.29 is 9.90 Å². The number of Topliss-reactive ketones (excluding diaryl/α,β-unsaturated/α-hetero) is 1. The van der Waals surface area contributed by atoms with Crippen LogP contribution in [0.15, 0.2) is 11.3 Å². The molecule has 2 saturated carbocycles. The lowest BCUT2D eigenvalue weighted by atomic mass is 9.69. The summed E-state index contributed by atoms with van der Waals surface area (Å²) in [7, 11) is 0. The van der Waals surface area contributed by atoms with Crippen LogP contribution < -0.4 is 0 Å². The first-order chi connectivity index (χ1) is 9.60. The number of carbonyl (C=O) groups excluding carboxylic acids is 1. The monoisotopic (exact) mass is 278 g/mol. The Labute approximate surface area is 123 Å². The minimum Gasteiger partial charge on any atom is -0.511 e. The van der Waals surface area contributed by atoms with Gasteiger partial charge in [-0.1, -0.05) is 45.4 Å². The molecule has 1 N–H and O–H groups in total. The first-order valence-electron chi connectivity index (χ1n) is 8.55. The van der Waals surface area contributed by atoms with Crippen LogP contribution in [-0.4, -0.2) is 10.9 Å². The number of allylic oxidation sites excluding steroid dienone is 2. The average molecular weight is 278 g/mol. The number of rotatable bonds is 4. The smallest absolute Gasteiger partial charge is 0.165 e. The van der Waals surface area contributed by atoms with Crippen molar-refractivity contribution in [3.05, 3.63) is 11.3 Å². The molecule has 2 heteroatoms. The topological polar surface area (TPSA) is 37.3 Å². The molecule has 0 bridgehead atoms. The second kappa shape index (κ2) is 6.78. The molecule has 0 unspecified atom stereocenters. The molecule has 0 radical (unpaired) electrons. The van der Waals surface area contributed by atoms with Gasteiger partial charge in [0.15, 0.2) is 5.78 Å². The number of aliphatic hydroxyl groups is 1. The maximum Gasteiger partial charge on any atom is 0.165 e. The molecule has 0 aromatic carbocycles. The summed E-state index contributed by atoms with van der Waals surface area (Å²) in [5, 5.41) is 10.8. The molecule has 0 spiro atoms. The number of hydrogen-bond donors (Lipinski definition) is 1. The molecule has 2 aliphatic carbocycles. The summed E-state index contributed by atoms with van der Waals surface area (Å²) in [4.78, 5) is 12.6. The van der Waals surface area contributed by atoms with Crippen LogP contribution in [0.1, 0.15) is 84.5 Å². The zero-order chi connectivity index (χ0) is 14.6. The van der Waals surface area contributed by atoms with Crippen LogP contribution in [0.5, 0.6) is 0 Å². The van der Waals surface area contributed by atoms with Crippen molar-refractivity contribution >= 4 is 5.78 Å². The molecule has 114 valence electrons. The molecule has 2 aliphatic rings. The van der Waals surface area contributed by atoms with Gasteiger partial charge in [-0.3, -0.25) is 4.79 Å². The number of hydrogen-bond acceptors (Lipinski definition) is 2. The molecule has 20 heavy (non-hydrogen) atoms. The average Bonchev–Trinajstić information content (AvgIpc) is 2.54. The van der Waals surface area contributed by atoms with Gasteiger partial charge in [-0.25, -0.2) is 0 Å². The lowest BCUT2D eigenvalue weighted by Gasteiger charge is -2.37. The number of aliphatic hydroxyl groups excluding tert-OH is 1. The minimum absolute atomic E-state index is 0.105. The molecule has 0 atom stereocenters. The Hall–Kier alpha value is -0.790. The largest absolute Gasteiger partial charge is 0.511 e. The molecule has 0 amide bonds. The van der Waals surface area contributed by atoms with E-state index in [4.69, 9.17) is 0 Å². The lowest BCUT2D eigenvalue weighted by molar-refractivity contribution is -0.120. The van der Waals surface area contributed by atoms with E-state index in [0.717, 1.165) is 32.1 Å². The SMILES string of the molecule is CCC1(C(O)=C(C)C(=O)C2CCCCC2)CCCCC1. The Morgan fingerprint density at radius 1 is 1.05 bits per heavy atom. The molecular formula is C18H30O2. The van der Waals surface area contributed by atoms with Gasteiger partial charge in [0.2, 0.25) is 0 Å². The third-order valence-corrected chi connectivity index (χ3v) is 5.69. The fourth-order valence-corrected chi connectivity index (χ4v) is 4.17. The highest BCUT2D eigenvalue weighted by molar-refractivity contribution is 5.97. The van der Waals surface area contributed by atoms with Crippen molar-refractivity contribution in [2.75, 3.05) is 0 Å². The van der Waals surface area contributed by atoms with Gasteiger partial charge in [-0.05, 0) is 39.0 Å². The fourth-order valence-electron chi connectivity index (χ4n) is 4.17. The van der Waals surface area contributed by atoms with Crippen LogP contribution in [0.2, 0.25) is 0 Å². The van der Waals surface area contributed by atoms with Crippen molar-refractivity contribution in [3.63, 3.8) is 0 Å². The highest BCUT2D eigenvalue weighted by Gasteiger charge is 2.37. The lowest BCUT2D eigenvalue weighted by Crippen LogP contribution is -2.29. The fraction of sp³-hybridized carbons (Fsp3) is 0.833. The molecule has 0 aliphatic heterocycles. The molecule has 0 heterocycles. The van der Waals surface area contributed by atoms with Gasteiger partial charge in [-0.15, -0.1) is 0 Å². The molecule has 0 saturated heterocycles. The third-order valence-electron chi connectivity index (χ3n) is 5.69. The van der Waals surface area contributed by atoms with Gasteiger partial charge in [0.05, 0.1) is 0 Å². The van der Waals surface area contributed by atoms with Crippen LogP contribution in [-0.2, 0) is 4.79 Å². The molecule has 2 nitrogen and oxygen atoms in total. The van der Waals surface area contributed by atoms with E-state index in [2.05, 4.69) is 6.92 Å². The van der Waals surface area contributed by atoms with Crippen LogP contribution in [0.3, 0.4) is 0 Å². The van der Waals surface area contributed by atoms with Crippen molar-refractivity contribution in [1.82, 2.24) is 0 Å². The van der Waals surface area contributed by atoms with Crippen molar-refractivity contribution in [2.24, 2.45) is 11.3 Å². The third kappa shape index (κ3) is 3.10. The molecular weight excluding hydrogens is 248 g/mol. The Morgan fingerprint density at radius 3 is 2.15 bits per heavy atom. The summed E-state index contributed by atoms with van der Waals surface area (Å²) in [5.74, 6) is 0.819. The summed E-state index contributed by atoms with van der Waals surface area (Å²) >= 11 is 0. The zero-order valence-corrected chi connectivity index (χ0v) is 13.2. The van der Waals surface area contributed by atoms with E-state index in [-0.39, 0.29) is 17.1 Å². The Balaban J connectivity index is 2.17. The van der Waals surface area contributed by atoms with E-state index in [1.165, 1.54) is 38.5 Å². The summed E-state index contributed by atoms with van der Waals surface area (Å²) < 4.78 is 0. The maximum atomic E-state index is 12.6. The Kier molecular flexibility index (Phi) is 5.29. The standard InChI is InChI=1S/C18H30O2/c1-3-18(12-8-5-9-13-18)17(20)14(2)16(19)15-10-6-4-7-11-15/h15,20H,3-13H2,1-2H3. The quantitative estimate of drug-likeness (QED) is 0.557. The van der Waals surface area contributed by atoms with Crippen LogP contribution in [0.25, 0.3) is 0 Å². The van der Waals surface area contributed by atoms with Gasteiger partial charge in [0.25, 0.3) is 0 Å². The molecule has 2 rings (SSSR count). The summed E-state index contributed by atoms with van der Waals surface area (Å²) in [6.07, 6.45) is 12.3. The molecule has 0 aromatic heterocycles. The summed E-state index contributed by atoms with van der Waals surface area (Å²) in [5.41, 5.74) is 0.563. The van der Waals surface area contributed by atoms with Crippen molar-refractivity contribution in [1.29, 1.82) is 0 Å². The van der Waals surface area contributed by atoms with E-state index >= 15 is 0 Å². The van der Waals surface area contributed by atoms with E-state index in [1.54, 1.807) is 0 Å². The zero-order valence-electron chi connectivity index (χ0n) is 13.2. The molecule has 0 aromatic rings. The van der Waals surface area contributed by atoms with E-state index < -0.39 is 0 Å². The maximum absolute atomic E-state index is 12.6. The van der Waals surface area contributed by atoms with Crippen LogP contribution >= 0.6 is 0 Å². The van der Waals surface area contributed by atoms with Gasteiger partial charge >= 0.3 is 0 Å². The Bertz CT molecular complexity index is 369. The van der Waals surface area contributed by atoms with E-state index in [0.29, 0.717) is 11.3 Å². The predicted octanol–water partition coefficient (Wildman–Crippen LogP) is 5.33. The van der Waals surface area contributed by atoms with Crippen molar-refractivity contribution in [2.45, 2.75) is 84.5 Å². The normalized spacial score (nSPS) is 25.1. The first kappa shape index (κ1) is 15.6. The van der Waals surface area contributed by atoms with Crippen LogP contribution in [0.4, 0.5) is 0 Å². The van der Waals surface area contributed by atoms with Gasteiger partial charge < -0.3 is 5.11 Å². The highest BCUT2D eigenvalue weighted by atomic mass is 16.3.